The fraction of sp³-hybridized carbons (Fsp3) is 1.00. The maximum atomic E-state index is 3.51. The van der Waals surface area contributed by atoms with E-state index in [1.54, 1.807) is 0 Å². The normalized spacial score (nSPS) is 23.2. The standard InChI is InChI=1S/C14H32N4/c1-12(2)16-6-7-17-8-9-18(13(3)4)11-14(17)10-15-5/h12-16H,6-11H2,1-5H3/t14-/m1/s1. The molecule has 0 aromatic carbocycles. The van der Waals surface area contributed by atoms with E-state index < -0.39 is 0 Å². The first-order chi connectivity index (χ1) is 8.54. The van der Waals surface area contributed by atoms with Crippen LogP contribution in [0, 0.1) is 0 Å². The molecule has 1 aliphatic heterocycles. The van der Waals surface area contributed by atoms with E-state index >= 15 is 0 Å². The summed E-state index contributed by atoms with van der Waals surface area (Å²) in [4.78, 5) is 5.22. The van der Waals surface area contributed by atoms with Crippen molar-refractivity contribution in [3.63, 3.8) is 0 Å². The molecule has 1 aliphatic rings. The van der Waals surface area contributed by atoms with E-state index in [1.807, 2.05) is 0 Å². The van der Waals surface area contributed by atoms with Crippen LogP contribution in [0.2, 0.25) is 0 Å². The van der Waals surface area contributed by atoms with Crippen molar-refractivity contribution in [2.24, 2.45) is 0 Å². The minimum Gasteiger partial charge on any atom is -0.318 e. The molecule has 2 N–H and O–H groups in total. The second-order valence-corrected chi connectivity index (χ2v) is 5.94. The largest absolute Gasteiger partial charge is 0.318 e. The monoisotopic (exact) mass is 256 g/mol. The van der Waals surface area contributed by atoms with Crippen LogP contribution in [-0.2, 0) is 0 Å². The number of rotatable bonds is 7. The van der Waals surface area contributed by atoms with Crippen molar-refractivity contribution in [1.82, 2.24) is 20.4 Å². The molecule has 1 fully saturated rings. The molecular formula is C14H32N4. The molecule has 0 radical (unpaired) electrons. The van der Waals surface area contributed by atoms with Gasteiger partial charge in [-0.3, -0.25) is 9.80 Å². The van der Waals surface area contributed by atoms with Gasteiger partial charge < -0.3 is 10.6 Å². The van der Waals surface area contributed by atoms with Crippen LogP contribution < -0.4 is 10.6 Å². The summed E-state index contributed by atoms with van der Waals surface area (Å²) in [6.45, 7) is 16.0. The number of hydrogen-bond acceptors (Lipinski definition) is 4. The highest BCUT2D eigenvalue weighted by molar-refractivity contribution is 4.85. The summed E-state index contributed by atoms with van der Waals surface area (Å²) >= 11 is 0. The third-order valence-electron chi connectivity index (χ3n) is 3.76. The van der Waals surface area contributed by atoms with Gasteiger partial charge >= 0.3 is 0 Å². The topological polar surface area (TPSA) is 30.5 Å². The van der Waals surface area contributed by atoms with Crippen LogP contribution in [0.5, 0.6) is 0 Å². The highest BCUT2D eigenvalue weighted by Crippen LogP contribution is 2.11. The Kier molecular flexibility index (Phi) is 7.15. The third-order valence-corrected chi connectivity index (χ3v) is 3.76. The SMILES string of the molecule is CNC[C@@H]1CN(C(C)C)CCN1CCNC(C)C. The molecule has 4 nitrogen and oxygen atoms in total. The van der Waals surface area contributed by atoms with Crippen molar-refractivity contribution < 1.29 is 0 Å². The molecule has 0 unspecified atom stereocenters. The Morgan fingerprint density at radius 1 is 1.17 bits per heavy atom. The van der Waals surface area contributed by atoms with Crippen molar-refractivity contribution in [2.75, 3.05) is 46.3 Å². The minimum atomic E-state index is 0.588. The predicted octanol–water partition coefficient (Wildman–Crippen LogP) is 0.598. The van der Waals surface area contributed by atoms with E-state index in [0.29, 0.717) is 18.1 Å². The maximum absolute atomic E-state index is 3.51. The Morgan fingerprint density at radius 2 is 1.89 bits per heavy atom. The maximum Gasteiger partial charge on any atom is 0.0348 e. The van der Waals surface area contributed by atoms with E-state index in [-0.39, 0.29) is 0 Å². The first-order valence-corrected chi connectivity index (χ1v) is 7.40. The van der Waals surface area contributed by atoms with Crippen molar-refractivity contribution >= 4 is 0 Å². The number of nitrogens with one attached hydrogen (secondary N) is 2. The molecular weight excluding hydrogens is 224 g/mol. The summed E-state index contributed by atoms with van der Waals surface area (Å²) in [5, 5.41) is 6.85. The van der Waals surface area contributed by atoms with Gasteiger partial charge in [-0.25, -0.2) is 0 Å². The van der Waals surface area contributed by atoms with Crippen LogP contribution in [0.3, 0.4) is 0 Å². The van der Waals surface area contributed by atoms with Crippen LogP contribution in [0.15, 0.2) is 0 Å². The molecule has 0 aromatic heterocycles. The van der Waals surface area contributed by atoms with Crippen molar-refractivity contribution in [1.29, 1.82) is 0 Å². The highest BCUT2D eigenvalue weighted by atomic mass is 15.3. The second kappa shape index (κ2) is 8.10. The van der Waals surface area contributed by atoms with Crippen molar-refractivity contribution in [3.05, 3.63) is 0 Å². The van der Waals surface area contributed by atoms with Gasteiger partial charge in [0.25, 0.3) is 0 Å². The average Bonchev–Trinajstić information content (AvgIpc) is 2.30. The number of hydrogen-bond donors (Lipinski definition) is 2. The Hall–Kier alpha value is -0.160. The highest BCUT2D eigenvalue weighted by Gasteiger charge is 2.27. The minimum absolute atomic E-state index is 0.588. The Labute approximate surface area is 113 Å². The van der Waals surface area contributed by atoms with Crippen molar-refractivity contribution in [2.45, 2.75) is 45.8 Å². The van der Waals surface area contributed by atoms with Gasteiger partial charge in [-0.2, -0.15) is 0 Å². The van der Waals surface area contributed by atoms with Crippen LogP contribution in [0.25, 0.3) is 0 Å². The number of likely N-dealkylation sites (N-methyl/N-ethyl adjacent to an activating group) is 1. The van der Waals surface area contributed by atoms with Gasteiger partial charge in [-0.1, -0.05) is 13.8 Å². The molecule has 1 saturated heterocycles. The number of piperazine rings is 1. The zero-order valence-electron chi connectivity index (χ0n) is 12.9. The lowest BCUT2D eigenvalue weighted by Gasteiger charge is -2.43. The summed E-state index contributed by atoms with van der Waals surface area (Å²) in [7, 11) is 2.05. The van der Waals surface area contributed by atoms with E-state index in [1.165, 1.54) is 19.6 Å². The molecule has 18 heavy (non-hydrogen) atoms. The van der Waals surface area contributed by atoms with Crippen molar-refractivity contribution in [3.8, 4) is 0 Å². The second-order valence-electron chi connectivity index (χ2n) is 5.94. The molecule has 0 aromatic rings. The lowest BCUT2D eigenvalue weighted by Crippen LogP contribution is -2.58. The molecule has 0 saturated carbocycles. The van der Waals surface area contributed by atoms with E-state index in [0.717, 1.165) is 19.6 Å². The van der Waals surface area contributed by atoms with E-state index in [2.05, 4.69) is 55.2 Å². The zero-order chi connectivity index (χ0) is 13.5. The molecule has 0 spiro atoms. The van der Waals surface area contributed by atoms with Gasteiger partial charge in [0.1, 0.15) is 0 Å². The quantitative estimate of drug-likeness (QED) is 0.698. The smallest absolute Gasteiger partial charge is 0.0348 e. The number of nitrogens with zero attached hydrogens (tertiary/aromatic N) is 2. The molecule has 4 heteroatoms. The zero-order valence-corrected chi connectivity index (χ0v) is 12.9. The first kappa shape index (κ1) is 15.9. The molecule has 0 aliphatic carbocycles. The molecule has 1 heterocycles. The molecule has 108 valence electrons. The lowest BCUT2D eigenvalue weighted by atomic mass is 10.1. The van der Waals surface area contributed by atoms with Gasteiger partial charge in [-0.05, 0) is 20.9 Å². The van der Waals surface area contributed by atoms with E-state index in [9.17, 15) is 0 Å². The summed E-state index contributed by atoms with van der Waals surface area (Å²) in [5.41, 5.74) is 0. The van der Waals surface area contributed by atoms with Gasteiger partial charge in [0, 0.05) is 57.4 Å². The Bertz CT molecular complexity index is 216. The van der Waals surface area contributed by atoms with E-state index in [4.69, 9.17) is 0 Å². The summed E-state index contributed by atoms with van der Waals surface area (Å²) in [6, 6.07) is 1.91. The average molecular weight is 256 g/mol. The van der Waals surface area contributed by atoms with Gasteiger partial charge in [0.15, 0.2) is 0 Å². The predicted molar refractivity (Wildman–Crippen MR) is 79.1 cm³/mol. The molecule has 1 rings (SSSR count). The summed E-state index contributed by atoms with van der Waals surface area (Å²) in [6.07, 6.45) is 0. The molecule has 0 bridgehead atoms. The summed E-state index contributed by atoms with van der Waals surface area (Å²) < 4.78 is 0. The fourth-order valence-electron chi connectivity index (χ4n) is 2.61. The molecule has 1 atom stereocenters. The van der Waals surface area contributed by atoms with Crippen LogP contribution >= 0.6 is 0 Å². The van der Waals surface area contributed by atoms with Crippen LogP contribution in [0.1, 0.15) is 27.7 Å². The summed E-state index contributed by atoms with van der Waals surface area (Å²) in [5.74, 6) is 0. The van der Waals surface area contributed by atoms with Gasteiger partial charge in [0.05, 0.1) is 0 Å². The van der Waals surface area contributed by atoms with Gasteiger partial charge in [-0.15, -0.1) is 0 Å². The lowest BCUT2D eigenvalue weighted by molar-refractivity contribution is 0.0576. The van der Waals surface area contributed by atoms with Gasteiger partial charge in [0.2, 0.25) is 0 Å². The fourth-order valence-corrected chi connectivity index (χ4v) is 2.61. The third kappa shape index (κ3) is 5.22. The molecule has 0 amide bonds. The van der Waals surface area contributed by atoms with Crippen LogP contribution in [0.4, 0.5) is 0 Å². The first-order valence-electron chi connectivity index (χ1n) is 7.40. The Morgan fingerprint density at radius 3 is 2.44 bits per heavy atom. The van der Waals surface area contributed by atoms with Crippen LogP contribution in [-0.4, -0.2) is 74.2 Å². The Balaban J connectivity index is 2.40.